The monoisotopic (exact) mass is 477 g/mol. The van der Waals surface area contributed by atoms with Crippen LogP contribution >= 0.6 is 11.6 Å². The zero-order chi connectivity index (χ0) is 24.4. The Morgan fingerprint density at radius 2 is 1.82 bits per heavy atom. The zero-order valence-electron chi connectivity index (χ0n) is 20.3. The minimum absolute atomic E-state index is 0.0213. The van der Waals surface area contributed by atoms with Gasteiger partial charge in [0.1, 0.15) is 17.1 Å². The van der Waals surface area contributed by atoms with Crippen LogP contribution in [-0.4, -0.2) is 43.9 Å². The topological polar surface area (TPSA) is 72.4 Å². The number of aromatic nitrogens is 3. The van der Waals surface area contributed by atoms with Gasteiger partial charge >= 0.3 is 0 Å². The number of methoxy groups -OCH3 is 1. The number of benzene rings is 2. The lowest BCUT2D eigenvalue weighted by Crippen LogP contribution is -2.25. The van der Waals surface area contributed by atoms with E-state index in [1.54, 1.807) is 7.11 Å². The predicted molar refractivity (Wildman–Crippen MR) is 132 cm³/mol. The number of ether oxygens (including phenoxy) is 1. The lowest BCUT2D eigenvalue weighted by molar-refractivity contribution is -0.115. The zero-order valence-corrected chi connectivity index (χ0v) is 21.0. The molecule has 2 aromatic carbocycles. The molecule has 1 aromatic heterocycles. The number of aliphatic imine (C=N–C) groups is 1. The van der Waals surface area contributed by atoms with Gasteiger partial charge in [-0.1, -0.05) is 44.5 Å². The van der Waals surface area contributed by atoms with Crippen LogP contribution in [0.2, 0.25) is 5.02 Å². The largest absolute Gasteiger partial charge is 0.497 e. The Balaban J connectivity index is 1.75. The van der Waals surface area contributed by atoms with Crippen molar-refractivity contribution in [3.63, 3.8) is 0 Å². The standard InChI is InChI=1S/C26H28ClN5O2/c1-15-29-30-23-22(32-24(33)26(32,5)14-25(2,3)4)28-21(16-7-9-17(27)10-8-16)19-13-18(34-6)11-12-20(19)31(15)23/h7-13,22H,14H2,1-6H3. The maximum absolute atomic E-state index is 13.3. The van der Waals surface area contributed by atoms with Crippen LogP contribution < -0.4 is 4.74 Å². The molecule has 0 aliphatic carbocycles. The highest BCUT2D eigenvalue weighted by Gasteiger charge is 2.64. The maximum atomic E-state index is 13.3. The van der Waals surface area contributed by atoms with Crippen molar-refractivity contribution < 1.29 is 9.53 Å². The third-order valence-electron chi connectivity index (χ3n) is 6.43. The van der Waals surface area contributed by atoms with Gasteiger partial charge in [-0.25, -0.2) is 0 Å². The summed E-state index contributed by atoms with van der Waals surface area (Å²) in [6.45, 7) is 10.3. The van der Waals surface area contributed by atoms with Crippen LogP contribution in [0.4, 0.5) is 0 Å². The molecule has 0 spiro atoms. The number of amides is 1. The van der Waals surface area contributed by atoms with Crippen LogP contribution in [0.3, 0.4) is 0 Å². The normalized spacial score (nSPS) is 21.5. The maximum Gasteiger partial charge on any atom is 0.251 e. The summed E-state index contributed by atoms with van der Waals surface area (Å²) in [7, 11) is 1.64. The Labute approximate surface area is 204 Å². The van der Waals surface area contributed by atoms with E-state index in [1.807, 2.05) is 65.8 Å². The van der Waals surface area contributed by atoms with Crippen LogP contribution in [0, 0.1) is 12.3 Å². The van der Waals surface area contributed by atoms with Gasteiger partial charge in [0, 0.05) is 16.1 Å². The molecule has 7 nitrogen and oxygen atoms in total. The van der Waals surface area contributed by atoms with Gasteiger partial charge in [-0.3, -0.25) is 19.3 Å². The van der Waals surface area contributed by atoms with Crippen molar-refractivity contribution in [2.24, 2.45) is 10.4 Å². The summed E-state index contributed by atoms with van der Waals surface area (Å²) in [5, 5.41) is 9.50. The molecule has 176 valence electrons. The second-order valence-corrected chi connectivity index (χ2v) is 10.8. The van der Waals surface area contributed by atoms with Gasteiger partial charge in [0.05, 0.1) is 18.5 Å². The fraction of sp³-hybridized carbons (Fsp3) is 0.385. The Kier molecular flexibility index (Phi) is 5.09. The van der Waals surface area contributed by atoms with Gasteiger partial charge in [-0.2, -0.15) is 0 Å². The number of carbonyl (C=O) groups is 1. The van der Waals surface area contributed by atoms with Gasteiger partial charge in [-0.05, 0) is 56.0 Å². The molecule has 3 heterocycles. The van der Waals surface area contributed by atoms with Crippen molar-refractivity contribution in [3.05, 3.63) is 70.3 Å². The first-order valence-electron chi connectivity index (χ1n) is 11.3. The van der Waals surface area contributed by atoms with Gasteiger partial charge < -0.3 is 4.74 Å². The number of hydrogen-bond donors (Lipinski definition) is 0. The second kappa shape index (κ2) is 7.67. The molecular formula is C26H28ClN5O2. The van der Waals surface area contributed by atoms with E-state index in [2.05, 4.69) is 31.0 Å². The number of hydrogen-bond acceptors (Lipinski definition) is 5. The first kappa shape index (κ1) is 22.6. The van der Waals surface area contributed by atoms with Gasteiger partial charge in [0.25, 0.3) is 5.91 Å². The second-order valence-electron chi connectivity index (χ2n) is 10.4. The molecule has 0 radical (unpaired) electrons. The molecule has 1 saturated heterocycles. The molecule has 0 N–H and O–H groups in total. The average molecular weight is 478 g/mol. The van der Waals surface area contributed by atoms with E-state index in [1.165, 1.54) is 0 Å². The minimum Gasteiger partial charge on any atom is -0.497 e. The van der Waals surface area contributed by atoms with E-state index in [-0.39, 0.29) is 11.3 Å². The van der Waals surface area contributed by atoms with Gasteiger partial charge in [0.15, 0.2) is 12.0 Å². The molecule has 3 aromatic rings. The van der Waals surface area contributed by atoms with E-state index in [9.17, 15) is 4.79 Å². The third kappa shape index (κ3) is 3.59. The molecule has 2 aliphatic rings. The van der Waals surface area contributed by atoms with E-state index in [4.69, 9.17) is 21.3 Å². The van der Waals surface area contributed by atoms with E-state index in [0.29, 0.717) is 16.6 Å². The number of aryl methyl sites for hydroxylation is 1. The molecule has 5 rings (SSSR count). The minimum atomic E-state index is -0.615. The van der Waals surface area contributed by atoms with Crippen molar-refractivity contribution in [1.82, 2.24) is 19.7 Å². The Hall–Kier alpha value is -3.19. The first-order valence-corrected chi connectivity index (χ1v) is 11.7. The average Bonchev–Trinajstić information content (AvgIpc) is 3.11. The number of carbonyl (C=O) groups excluding carboxylic acids is 1. The number of fused-ring (bicyclic) bond motifs is 3. The number of rotatable bonds is 4. The van der Waals surface area contributed by atoms with Crippen LogP contribution in [0.5, 0.6) is 5.75 Å². The van der Waals surface area contributed by atoms with Gasteiger partial charge in [0.2, 0.25) is 0 Å². The van der Waals surface area contributed by atoms with Crippen LogP contribution in [-0.2, 0) is 4.79 Å². The number of halogens is 1. The summed E-state index contributed by atoms with van der Waals surface area (Å²) in [6.07, 6.45) is 0.111. The molecule has 1 amide bonds. The van der Waals surface area contributed by atoms with E-state index < -0.39 is 11.7 Å². The molecule has 34 heavy (non-hydrogen) atoms. The van der Waals surface area contributed by atoms with Crippen molar-refractivity contribution >= 4 is 23.2 Å². The van der Waals surface area contributed by atoms with Crippen LogP contribution in [0.25, 0.3) is 5.69 Å². The molecule has 2 aliphatic heterocycles. The van der Waals surface area contributed by atoms with Crippen molar-refractivity contribution in [2.75, 3.05) is 7.11 Å². The van der Waals surface area contributed by atoms with Crippen molar-refractivity contribution in [2.45, 2.75) is 52.7 Å². The summed E-state index contributed by atoms with van der Waals surface area (Å²) >= 11 is 6.18. The molecule has 2 atom stereocenters. The molecular weight excluding hydrogens is 450 g/mol. The molecule has 8 heteroatoms. The van der Waals surface area contributed by atoms with Crippen LogP contribution in [0.1, 0.15) is 63.1 Å². The summed E-state index contributed by atoms with van der Waals surface area (Å²) < 4.78 is 7.53. The van der Waals surface area contributed by atoms with Gasteiger partial charge in [-0.15, -0.1) is 10.2 Å². The number of nitrogens with zero attached hydrogens (tertiary/aromatic N) is 5. The highest BCUT2D eigenvalue weighted by atomic mass is 35.5. The Morgan fingerprint density at radius 3 is 2.47 bits per heavy atom. The van der Waals surface area contributed by atoms with E-state index in [0.717, 1.165) is 34.8 Å². The Bertz CT molecular complexity index is 1320. The SMILES string of the molecule is COc1ccc2c(c1)C(c1ccc(Cl)cc1)=NC(N1C(=O)C1(C)CC(C)(C)C)c1nnc(C)n1-2. The fourth-order valence-corrected chi connectivity index (χ4v) is 5.19. The highest BCUT2D eigenvalue weighted by Crippen LogP contribution is 2.50. The first-order chi connectivity index (χ1) is 16.0. The molecule has 0 bridgehead atoms. The molecule has 2 unspecified atom stereocenters. The van der Waals surface area contributed by atoms with Crippen LogP contribution in [0.15, 0.2) is 47.5 Å². The fourth-order valence-electron chi connectivity index (χ4n) is 5.07. The van der Waals surface area contributed by atoms with E-state index >= 15 is 0 Å². The Morgan fingerprint density at radius 1 is 1.12 bits per heavy atom. The predicted octanol–water partition coefficient (Wildman–Crippen LogP) is 5.12. The summed E-state index contributed by atoms with van der Waals surface area (Å²) in [5.74, 6) is 2.14. The summed E-state index contributed by atoms with van der Waals surface area (Å²) in [4.78, 5) is 20.3. The molecule has 1 fully saturated rings. The van der Waals surface area contributed by atoms with Crippen molar-refractivity contribution in [3.8, 4) is 11.4 Å². The summed E-state index contributed by atoms with van der Waals surface area (Å²) in [5.41, 5.74) is 2.77. The molecule has 0 saturated carbocycles. The lowest BCUT2D eigenvalue weighted by atomic mass is 9.85. The summed E-state index contributed by atoms with van der Waals surface area (Å²) in [6, 6.07) is 13.4. The highest BCUT2D eigenvalue weighted by molar-refractivity contribution is 6.30. The smallest absolute Gasteiger partial charge is 0.251 e. The lowest BCUT2D eigenvalue weighted by Gasteiger charge is -2.24. The van der Waals surface area contributed by atoms with Crippen molar-refractivity contribution in [1.29, 1.82) is 0 Å². The quantitative estimate of drug-likeness (QED) is 0.488. The third-order valence-corrected chi connectivity index (χ3v) is 6.68.